The van der Waals surface area contributed by atoms with Crippen molar-refractivity contribution in [1.82, 2.24) is 14.4 Å². The summed E-state index contributed by atoms with van der Waals surface area (Å²) in [6.45, 7) is 6.61. The van der Waals surface area contributed by atoms with E-state index < -0.39 is 22.0 Å². The monoisotopic (exact) mass is 409 g/mol. The Labute approximate surface area is 153 Å². The molecular weight excluding hydrogens is 391 g/mol. The van der Waals surface area contributed by atoms with E-state index in [1.165, 1.54) is 10.4 Å². The maximum Gasteiger partial charge on any atom is 0.452 e. The van der Waals surface area contributed by atoms with Crippen LogP contribution in [0.15, 0.2) is 21.6 Å². The largest absolute Gasteiger partial charge is 0.452 e. The number of hydrogen-bond donors (Lipinski definition) is 0. The van der Waals surface area contributed by atoms with Gasteiger partial charge in [-0.25, -0.2) is 8.42 Å². The van der Waals surface area contributed by atoms with Gasteiger partial charge >= 0.3 is 6.18 Å². The van der Waals surface area contributed by atoms with Gasteiger partial charge in [0.1, 0.15) is 5.69 Å². The molecule has 1 aliphatic rings. The molecule has 0 unspecified atom stereocenters. The predicted molar refractivity (Wildman–Crippen MR) is 90.4 cm³/mol. The lowest BCUT2D eigenvalue weighted by Gasteiger charge is -2.33. The summed E-state index contributed by atoms with van der Waals surface area (Å²) in [4.78, 5) is 3.10. The fourth-order valence-corrected chi connectivity index (χ4v) is 5.73. The molecule has 1 aliphatic heterocycles. The van der Waals surface area contributed by atoms with Crippen molar-refractivity contribution in [2.45, 2.75) is 24.9 Å². The Balaban J connectivity index is 1.87. The summed E-state index contributed by atoms with van der Waals surface area (Å²) in [5.41, 5.74) is -0.0253. The van der Waals surface area contributed by atoms with E-state index in [9.17, 15) is 21.6 Å². The van der Waals surface area contributed by atoms with E-state index in [0.29, 0.717) is 35.9 Å². The molecule has 0 saturated carbocycles. The van der Waals surface area contributed by atoms with E-state index in [2.05, 4.69) is 14.6 Å². The lowest BCUT2D eigenvalue weighted by Crippen LogP contribution is -2.48. The van der Waals surface area contributed by atoms with Gasteiger partial charge in [0.25, 0.3) is 0 Å². The summed E-state index contributed by atoms with van der Waals surface area (Å²) in [5.74, 6) is -1.21. The Hall–Kier alpha value is -1.43. The van der Waals surface area contributed by atoms with Crippen LogP contribution < -0.4 is 0 Å². The minimum Gasteiger partial charge on any atom is -0.351 e. The number of piperazine rings is 1. The zero-order valence-electron chi connectivity index (χ0n) is 14.2. The van der Waals surface area contributed by atoms with Crippen molar-refractivity contribution in [3.05, 3.63) is 22.8 Å². The van der Waals surface area contributed by atoms with Crippen molar-refractivity contribution in [2.75, 3.05) is 32.7 Å². The van der Waals surface area contributed by atoms with E-state index in [1.807, 2.05) is 6.92 Å². The van der Waals surface area contributed by atoms with Crippen LogP contribution in [0, 0.1) is 6.92 Å². The SMILES string of the molecule is CCN1CCN(S(=O)(=O)c2cc(-c3cc(C(F)(F)F)on3)sc2C)CC1. The number of rotatable bonds is 4. The number of halogens is 3. The van der Waals surface area contributed by atoms with Crippen LogP contribution in [0.25, 0.3) is 10.6 Å². The zero-order chi connectivity index (χ0) is 19.1. The van der Waals surface area contributed by atoms with Crippen LogP contribution in [0.5, 0.6) is 0 Å². The van der Waals surface area contributed by atoms with Gasteiger partial charge in [0, 0.05) is 37.1 Å². The molecule has 1 fully saturated rings. The summed E-state index contributed by atoms with van der Waals surface area (Å²) >= 11 is 1.08. The Morgan fingerprint density at radius 2 is 1.88 bits per heavy atom. The molecule has 0 atom stereocenters. The second-order valence-electron chi connectivity index (χ2n) is 5.94. The van der Waals surface area contributed by atoms with Crippen molar-refractivity contribution in [3.8, 4) is 10.6 Å². The highest BCUT2D eigenvalue weighted by Crippen LogP contribution is 2.37. The predicted octanol–water partition coefficient (Wildman–Crippen LogP) is 3.06. The third-order valence-corrected chi connectivity index (χ3v) is 7.54. The molecule has 0 spiro atoms. The lowest BCUT2D eigenvalue weighted by molar-refractivity contribution is -0.155. The van der Waals surface area contributed by atoms with Gasteiger partial charge in [0.05, 0.1) is 9.77 Å². The van der Waals surface area contributed by atoms with Crippen LogP contribution in [0.3, 0.4) is 0 Å². The van der Waals surface area contributed by atoms with Crippen LogP contribution in [0.4, 0.5) is 13.2 Å². The highest BCUT2D eigenvalue weighted by molar-refractivity contribution is 7.89. The molecule has 6 nitrogen and oxygen atoms in total. The van der Waals surface area contributed by atoms with Crippen LogP contribution in [-0.4, -0.2) is 55.5 Å². The van der Waals surface area contributed by atoms with E-state index in [-0.39, 0.29) is 10.6 Å². The molecule has 2 aromatic heterocycles. The minimum atomic E-state index is -4.63. The third kappa shape index (κ3) is 3.66. The maximum absolute atomic E-state index is 12.9. The smallest absolute Gasteiger partial charge is 0.351 e. The van der Waals surface area contributed by atoms with Gasteiger partial charge < -0.3 is 9.42 Å². The van der Waals surface area contributed by atoms with Crippen LogP contribution >= 0.6 is 11.3 Å². The first kappa shape index (κ1) is 19.3. The van der Waals surface area contributed by atoms with Gasteiger partial charge in [-0.2, -0.15) is 17.5 Å². The van der Waals surface area contributed by atoms with E-state index >= 15 is 0 Å². The van der Waals surface area contributed by atoms with Crippen molar-refractivity contribution >= 4 is 21.4 Å². The normalized spacial score (nSPS) is 17.7. The van der Waals surface area contributed by atoms with Gasteiger partial charge in [-0.15, -0.1) is 11.3 Å². The van der Waals surface area contributed by atoms with Crippen LogP contribution in [0.2, 0.25) is 0 Å². The number of aromatic nitrogens is 1. The second-order valence-corrected chi connectivity index (χ2v) is 9.11. The zero-order valence-corrected chi connectivity index (χ0v) is 15.8. The van der Waals surface area contributed by atoms with Crippen LogP contribution in [0.1, 0.15) is 17.6 Å². The van der Waals surface area contributed by atoms with Gasteiger partial charge in [-0.05, 0) is 19.5 Å². The summed E-state index contributed by atoms with van der Waals surface area (Å²) in [5, 5.41) is 3.42. The Bertz CT molecular complexity index is 882. The molecule has 1 saturated heterocycles. The second kappa shape index (κ2) is 6.95. The number of sulfonamides is 1. The van der Waals surface area contributed by atoms with Gasteiger partial charge in [-0.3, -0.25) is 0 Å². The molecule has 0 radical (unpaired) electrons. The van der Waals surface area contributed by atoms with Crippen LogP contribution in [-0.2, 0) is 16.2 Å². The van der Waals surface area contributed by atoms with Gasteiger partial charge in [0.15, 0.2) is 0 Å². The number of likely N-dealkylation sites (N-methyl/N-ethyl adjacent to an activating group) is 1. The first-order valence-corrected chi connectivity index (χ1v) is 10.3. The van der Waals surface area contributed by atoms with Crippen molar-refractivity contribution in [1.29, 1.82) is 0 Å². The molecule has 26 heavy (non-hydrogen) atoms. The molecule has 3 heterocycles. The highest BCUT2D eigenvalue weighted by Gasteiger charge is 2.37. The standard InChI is InChI=1S/C15H18F3N3O3S2/c1-3-20-4-6-21(7-5-20)26(22,23)13-9-12(25-10(13)2)11-8-14(24-19-11)15(16,17)18/h8-9H,3-7H2,1-2H3. The van der Waals surface area contributed by atoms with E-state index in [4.69, 9.17) is 0 Å². The fourth-order valence-electron chi connectivity index (χ4n) is 2.80. The summed E-state index contributed by atoms with van der Waals surface area (Å²) in [6, 6.07) is 2.15. The fraction of sp³-hybridized carbons (Fsp3) is 0.533. The molecule has 0 N–H and O–H groups in total. The molecule has 0 amide bonds. The van der Waals surface area contributed by atoms with E-state index in [1.54, 1.807) is 6.92 Å². The van der Waals surface area contributed by atoms with Gasteiger partial charge in [-0.1, -0.05) is 12.1 Å². The quantitative estimate of drug-likeness (QED) is 0.777. The first-order chi connectivity index (χ1) is 12.1. The van der Waals surface area contributed by atoms with Crippen molar-refractivity contribution < 1.29 is 26.1 Å². The number of alkyl halides is 3. The van der Waals surface area contributed by atoms with E-state index in [0.717, 1.165) is 23.9 Å². The Morgan fingerprint density at radius 3 is 2.42 bits per heavy atom. The third-order valence-electron chi connectivity index (χ3n) is 4.31. The number of aryl methyl sites for hydroxylation is 1. The first-order valence-electron chi connectivity index (χ1n) is 8.00. The highest BCUT2D eigenvalue weighted by atomic mass is 32.2. The Morgan fingerprint density at radius 1 is 1.23 bits per heavy atom. The summed E-state index contributed by atoms with van der Waals surface area (Å²) in [6.07, 6.45) is -4.63. The average Bonchev–Trinajstić information content (AvgIpc) is 3.21. The molecule has 0 bridgehead atoms. The average molecular weight is 409 g/mol. The van der Waals surface area contributed by atoms with Crippen molar-refractivity contribution in [2.24, 2.45) is 0 Å². The summed E-state index contributed by atoms with van der Waals surface area (Å²) < 4.78 is 69.5. The molecule has 2 aromatic rings. The molecule has 11 heteroatoms. The number of hydrogen-bond acceptors (Lipinski definition) is 6. The number of thiophene rings is 1. The minimum absolute atomic E-state index is 0.0253. The molecule has 3 rings (SSSR count). The maximum atomic E-state index is 12.9. The Kier molecular flexibility index (Phi) is 5.17. The summed E-state index contributed by atoms with van der Waals surface area (Å²) in [7, 11) is -3.70. The van der Waals surface area contributed by atoms with Gasteiger partial charge in [0.2, 0.25) is 15.8 Å². The lowest BCUT2D eigenvalue weighted by atomic mass is 10.3. The molecule has 0 aromatic carbocycles. The molecule has 144 valence electrons. The molecule has 0 aliphatic carbocycles. The van der Waals surface area contributed by atoms with Crippen molar-refractivity contribution in [3.63, 3.8) is 0 Å². The molecular formula is C15H18F3N3O3S2. The topological polar surface area (TPSA) is 66.7 Å². The number of nitrogens with zero attached hydrogens (tertiary/aromatic N) is 3.